The van der Waals surface area contributed by atoms with E-state index in [1.807, 2.05) is 0 Å². The second kappa shape index (κ2) is 3.23. The molecule has 0 N–H and O–H groups in total. The summed E-state index contributed by atoms with van der Waals surface area (Å²) in [6, 6.07) is 0. The molecule has 86 valence electrons. The first-order chi connectivity index (χ1) is 7.19. The molecule has 0 spiro atoms. The van der Waals surface area contributed by atoms with Crippen LogP contribution in [0.15, 0.2) is 0 Å². The van der Waals surface area contributed by atoms with Crippen LogP contribution in [0.2, 0.25) is 0 Å². The van der Waals surface area contributed by atoms with Gasteiger partial charge in [0, 0.05) is 6.61 Å². The molecule has 1 nitrogen and oxygen atoms in total. The summed E-state index contributed by atoms with van der Waals surface area (Å²) in [5.41, 5.74) is 0.994. The van der Waals surface area contributed by atoms with E-state index >= 15 is 0 Å². The lowest BCUT2D eigenvalue weighted by atomic mass is 9.47. The zero-order valence-electron chi connectivity index (χ0n) is 10.2. The van der Waals surface area contributed by atoms with Gasteiger partial charge in [-0.1, -0.05) is 13.3 Å². The molecule has 0 heterocycles. The number of hydrogen-bond acceptors (Lipinski definition) is 1. The Balaban J connectivity index is 1.88. The minimum atomic E-state index is 0.314. The average Bonchev–Trinajstić information content (AvgIpc) is 2.15. The van der Waals surface area contributed by atoms with Crippen LogP contribution in [0.5, 0.6) is 0 Å². The third-order valence-electron chi connectivity index (χ3n) is 5.33. The Morgan fingerprint density at radius 1 is 1.07 bits per heavy atom. The molecule has 4 saturated carbocycles. The molecule has 0 saturated heterocycles. The summed E-state index contributed by atoms with van der Waals surface area (Å²) >= 11 is 0. The van der Waals surface area contributed by atoms with Gasteiger partial charge in [0.25, 0.3) is 0 Å². The fourth-order valence-electron chi connectivity index (χ4n) is 5.25. The molecule has 2 atom stereocenters. The monoisotopic (exact) mass is 208 g/mol. The number of ether oxygens (including phenoxy) is 1. The zero-order chi connectivity index (χ0) is 10.5. The van der Waals surface area contributed by atoms with Crippen molar-refractivity contribution in [2.75, 3.05) is 6.61 Å². The van der Waals surface area contributed by atoms with Crippen LogP contribution in [0.3, 0.4) is 0 Å². The van der Waals surface area contributed by atoms with Crippen molar-refractivity contribution in [2.24, 2.45) is 17.3 Å². The van der Waals surface area contributed by atoms with Gasteiger partial charge in [-0.05, 0) is 62.7 Å². The second-order valence-corrected chi connectivity index (χ2v) is 6.43. The smallest absolute Gasteiger partial charge is 0.0693 e. The first kappa shape index (κ1) is 10.1. The molecule has 2 unspecified atom stereocenters. The Morgan fingerprint density at radius 3 is 2.27 bits per heavy atom. The Hall–Kier alpha value is -0.0400. The quantitative estimate of drug-likeness (QED) is 0.686. The highest BCUT2D eigenvalue weighted by molar-refractivity contribution is 5.08. The molecule has 4 fully saturated rings. The molecule has 0 amide bonds. The molecule has 0 aromatic carbocycles. The topological polar surface area (TPSA) is 9.23 Å². The van der Waals surface area contributed by atoms with E-state index in [-0.39, 0.29) is 0 Å². The molecule has 1 heteroatoms. The van der Waals surface area contributed by atoms with E-state index in [0.29, 0.717) is 11.0 Å². The molecular formula is C14H24O. The maximum Gasteiger partial charge on any atom is 0.0693 e. The van der Waals surface area contributed by atoms with Crippen molar-refractivity contribution in [3.05, 3.63) is 0 Å². The molecule has 0 aromatic heterocycles. The van der Waals surface area contributed by atoms with E-state index in [0.717, 1.165) is 18.4 Å². The molecule has 4 aliphatic carbocycles. The van der Waals surface area contributed by atoms with Crippen LogP contribution in [-0.2, 0) is 4.74 Å². The SMILES string of the molecule is CCOC12CC3CC(CC(CC)(C3)C1)C2. The second-order valence-electron chi connectivity index (χ2n) is 6.43. The predicted molar refractivity (Wildman–Crippen MR) is 61.8 cm³/mol. The van der Waals surface area contributed by atoms with Crippen molar-refractivity contribution in [1.82, 2.24) is 0 Å². The fraction of sp³-hybridized carbons (Fsp3) is 1.00. The van der Waals surface area contributed by atoms with Crippen LogP contribution >= 0.6 is 0 Å². The van der Waals surface area contributed by atoms with Gasteiger partial charge >= 0.3 is 0 Å². The van der Waals surface area contributed by atoms with Gasteiger partial charge in [-0.3, -0.25) is 0 Å². The van der Waals surface area contributed by atoms with Gasteiger partial charge in [-0.15, -0.1) is 0 Å². The van der Waals surface area contributed by atoms with Crippen LogP contribution in [0.25, 0.3) is 0 Å². The normalized spacial score (nSPS) is 52.4. The van der Waals surface area contributed by atoms with Gasteiger partial charge < -0.3 is 4.74 Å². The molecule has 4 aliphatic rings. The summed E-state index contributed by atoms with van der Waals surface area (Å²) in [7, 11) is 0. The third-order valence-corrected chi connectivity index (χ3v) is 5.33. The highest BCUT2D eigenvalue weighted by Gasteiger charge is 2.57. The van der Waals surface area contributed by atoms with Gasteiger partial charge in [0.05, 0.1) is 5.60 Å². The predicted octanol–water partition coefficient (Wildman–Crippen LogP) is 3.77. The number of rotatable bonds is 3. The van der Waals surface area contributed by atoms with E-state index in [2.05, 4.69) is 13.8 Å². The van der Waals surface area contributed by atoms with Crippen molar-refractivity contribution < 1.29 is 4.74 Å². The average molecular weight is 208 g/mol. The highest BCUT2D eigenvalue weighted by atomic mass is 16.5. The van der Waals surface area contributed by atoms with Crippen LogP contribution in [-0.4, -0.2) is 12.2 Å². The Labute approximate surface area is 93.6 Å². The molecule has 0 radical (unpaired) electrons. The third kappa shape index (κ3) is 1.46. The van der Waals surface area contributed by atoms with Gasteiger partial charge in [0.15, 0.2) is 0 Å². The summed E-state index contributed by atoms with van der Waals surface area (Å²) in [5.74, 6) is 2.00. The largest absolute Gasteiger partial charge is 0.375 e. The van der Waals surface area contributed by atoms with Gasteiger partial charge in [-0.2, -0.15) is 0 Å². The van der Waals surface area contributed by atoms with E-state index in [4.69, 9.17) is 4.74 Å². The minimum absolute atomic E-state index is 0.314. The van der Waals surface area contributed by atoms with Gasteiger partial charge in [-0.25, -0.2) is 0 Å². The molecule has 0 aromatic rings. The Kier molecular flexibility index (Phi) is 2.18. The Morgan fingerprint density at radius 2 is 1.73 bits per heavy atom. The molecule has 4 rings (SSSR count). The summed E-state index contributed by atoms with van der Waals surface area (Å²) in [4.78, 5) is 0. The van der Waals surface area contributed by atoms with E-state index in [1.54, 1.807) is 0 Å². The highest BCUT2D eigenvalue weighted by Crippen LogP contribution is 2.63. The number of hydrogen-bond donors (Lipinski definition) is 0. The lowest BCUT2D eigenvalue weighted by molar-refractivity contribution is -0.191. The van der Waals surface area contributed by atoms with Crippen molar-refractivity contribution in [1.29, 1.82) is 0 Å². The van der Waals surface area contributed by atoms with E-state index < -0.39 is 0 Å². The summed E-state index contributed by atoms with van der Waals surface area (Å²) in [5, 5.41) is 0. The molecular weight excluding hydrogens is 184 g/mol. The molecule has 4 bridgehead atoms. The lowest BCUT2D eigenvalue weighted by Gasteiger charge is -2.61. The van der Waals surface area contributed by atoms with Crippen molar-refractivity contribution in [2.45, 2.75) is 64.4 Å². The summed E-state index contributed by atoms with van der Waals surface area (Å²) in [6.07, 6.45) is 10.0. The van der Waals surface area contributed by atoms with Crippen LogP contribution < -0.4 is 0 Å². The maximum atomic E-state index is 6.17. The fourth-order valence-corrected chi connectivity index (χ4v) is 5.25. The standard InChI is InChI=1S/C14H24O/c1-3-13-6-11-5-12(7-13)9-14(8-11,10-13)15-4-2/h11-12H,3-10H2,1-2H3. The lowest BCUT2D eigenvalue weighted by Crippen LogP contribution is -2.56. The van der Waals surface area contributed by atoms with Crippen molar-refractivity contribution in [3.63, 3.8) is 0 Å². The van der Waals surface area contributed by atoms with E-state index in [1.165, 1.54) is 44.9 Å². The first-order valence-electron chi connectivity index (χ1n) is 6.83. The van der Waals surface area contributed by atoms with Crippen molar-refractivity contribution in [3.8, 4) is 0 Å². The minimum Gasteiger partial charge on any atom is -0.375 e. The van der Waals surface area contributed by atoms with E-state index in [9.17, 15) is 0 Å². The molecule has 0 aliphatic heterocycles. The maximum absolute atomic E-state index is 6.17. The molecule has 15 heavy (non-hydrogen) atoms. The van der Waals surface area contributed by atoms with Crippen molar-refractivity contribution >= 4 is 0 Å². The Bertz CT molecular complexity index is 244. The first-order valence-corrected chi connectivity index (χ1v) is 6.83. The van der Waals surface area contributed by atoms with Gasteiger partial charge in [0.1, 0.15) is 0 Å². The van der Waals surface area contributed by atoms with Crippen LogP contribution in [0.1, 0.15) is 58.8 Å². The summed E-state index contributed by atoms with van der Waals surface area (Å²) < 4.78 is 6.17. The van der Waals surface area contributed by atoms with Gasteiger partial charge in [0.2, 0.25) is 0 Å². The van der Waals surface area contributed by atoms with Crippen LogP contribution in [0.4, 0.5) is 0 Å². The summed E-state index contributed by atoms with van der Waals surface area (Å²) in [6.45, 7) is 5.48. The van der Waals surface area contributed by atoms with Crippen LogP contribution in [0, 0.1) is 17.3 Å². The zero-order valence-corrected chi connectivity index (χ0v) is 10.2.